The molecule has 0 spiro atoms. The van der Waals surface area contributed by atoms with Crippen LogP contribution in [0.1, 0.15) is 36.6 Å². The highest BCUT2D eigenvalue weighted by Crippen LogP contribution is 2.40. The summed E-state index contributed by atoms with van der Waals surface area (Å²) in [7, 11) is 1.55. The number of benzene rings is 3. The van der Waals surface area contributed by atoms with Crippen LogP contribution in [0.4, 0.5) is 0 Å². The van der Waals surface area contributed by atoms with Gasteiger partial charge in [-0.2, -0.15) is 0 Å². The van der Waals surface area contributed by atoms with E-state index in [9.17, 15) is 9.90 Å². The Morgan fingerprint density at radius 1 is 0.973 bits per heavy atom. The Morgan fingerprint density at radius 3 is 2.19 bits per heavy atom. The Hall–Kier alpha value is -3.13. The first kappa shape index (κ1) is 28.4. The fraction of sp³-hybridized carbons (Fsp3) is 0.300. The summed E-state index contributed by atoms with van der Waals surface area (Å²) >= 11 is 3.52. The van der Waals surface area contributed by atoms with Crippen LogP contribution in [0.3, 0.4) is 0 Å². The Morgan fingerprint density at radius 2 is 1.59 bits per heavy atom. The molecule has 3 atom stereocenters. The van der Waals surface area contributed by atoms with Gasteiger partial charge < -0.3 is 24.1 Å². The molecular weight excluding hydrogens is 536 g/mol. The van der Waals surface area contributed by atoms with E-state index >= 15 is 0 Å². The molecule has 7 heteroatoms. The van der Waals surface area contributed by atoms with Crippen LogP contribution >= 0.6 is 15.9 Å². The first-order valence-corrected chi connectivity index (χ1v) is 12.9. The number of aliphatic hydroxyl groups excluding tert-OH is 1. The van der Waals surface area contributed by atoms with Crippen LogP contribution in [-0.2, 0) is 27.5 Å². The highest BCUT2D eigenvalue weighted by atomic mass is 79.9. The van der Waals surface area contributed by atoms with E-state index in [4.69, 9.17) is 18.9 Å². The fourth-order valence-electron chi connectivity index (χ4n) is 3.72. The van der Waals surface area contributed by atoms with Gasteiger partial charge in [-0.25, -0.2) is 4.79 Å². The maximum absolute atomic E-state index is 12.5. The topological polar surface area (TPSA) is 74.2 Å². The lowest BCUT2D eigenvalue weighted by Crippen LogP contribution is -2.25. The van der Waals surface area contributed by atoms with E-state index in [-0.39, 0.29) is 19.1 Å². The molecule has 196 valence electrons. The lowest BCUT2D eigenvalue weighted by Gasteiger charge is -2.22. The summed E-state index contributed by atoms with van der Waals surface area (Å²) in [5.74, 6) is 0.117. The van der Waals surface area contributed by atoms with Crippen molar-refractivity contribution in [3.05, 3.63) is 106 Å². The number of esters is 1. The van der Waals surface area contributed by atoms with Crippen molar-refractivity contribution in [2.45, 2.75) is 39.3 Å². The van der Waals surface area contributed by atoms with E-state index in [1.165, 1.54) is 0 Å². The second-order valence-electron chi connectivity index (χ2n) is 8.46. The minimum absolute atomic E-state index is 0.247. The van der Waals surface area contributed by atoms with Gasteiger partial charge in [0.25, 0.3) is 0 Å². The summed E-state index contributed by atoms with van der Waals surface area (Å²) in [6.45, 7) is 4.47. The first-order chi connectivity index (χ1) is 17.9. The lowest BCUT2D eigenvalue weighted by atomic mass is 9.95. The molecule has 0 amide bonds. The third-order valence-electron chi connectivity index (χ3n) is 5.69. The maximum atomic E-state index is 12.5. The number of carbonyl (C=O) groups excluding carboxylic acids is 1. The number of methoxy groups -OCH3 is 1. The number of aliphatic hydroxyl groups is 1. The fourth-order valence-corrected chi connectivity index (χ4v) is 4.18. The van der Waals surface area contributed by atoms with Crippen molar-refractivity contribution in [1.82, 2.24) is 0 Å². The summed E-state index contributed by atoms with van der Waals surface area (Å²) in [4.78, 5) is 12.5. The molecule has 37 heavy (non-hydrogen) atoms. The van der Waals surface area contributed by atoms with Crippen molar-refractivity contribution in [3.63, 3.8) is 0 Å². The molecule has 0 aliphatic carbocycles. The van der Waals surface area contributed by atoms with E-state index in [2.05, 4.69) is 15.9 Å². The van der Waals surface area contributed by atoms with Gasteiger partial charge in [0.05, 0.1) is 26.4 Å². The SMILES string of the molecule is CCOC(=O)[C@H](/C=C/[C@H](C)[C@@H](O)c1cc(Br)cc(OCc2ccccc2)c1OC)OCc1ccccc1. The quantitative estimate of drug-likeness (QED) is 0.190. The van der Waals surface area contributed by atoms with E-state index in [0.717, 1.165) is 15.6 Å². The van der Waals surface area contributed by atoms with E-state index in [1.807, 2.05) is 73.7 Å². The number of hydrogen-bond donors (Lipinski definition) is 1. The highest BCUT2D eigenvalue weighted by Gasteiger charge is 2.24. The average Bonchev–Trinajstić information content (AvgIpc) is 2.92. The normalized spacial score (nSPS) is 13.6. The lowest BCUT2D eigenvalue weighted by molar-refractivity contribution is -0.154. The minimum Gasteiger partial charge on any atom is -0.492 e. The van der Waals surface area contributed by atoms with Crippen molar-refractivity contribution < 1.29 is 28.8 Å². The van der Waals surface area contributed by atoms with E-state index in [1.54, 1.807) is 32.3 Å². The van der Waals surface area contributed by atoms with Crippen LogP contribution in [0, 0.1) is 5.92 Å². The van der Waals surface area contributed by atoms with Gasteiger partial charge in [-0.15, -0.1) is 0 Å². The van der Waals surface area contributed by atoms with Crippen LogP contribution in [0.2, 0.25) is 0 Å². The third kappa shape index (κ3) is 8.45. The predicted molar refractivity (Wildman–Crippen MR) is 146 cm³/mol. The Kier molecular flexibility index (Phi) is 11.2. The van der Waals surface area contributed by atoms with Crippen molar-refractivity contribution in [2.75, 3.05) is 13.7 Å². The summed E-state index contributed by atoms with van der Waals surface area (Å²) in [6, 6.07) is 23.0. The largest absolute Gasteiger partial charge is 0.492 e. The molecule has 0 heterocycles. The Bertz CT molecular complexity index is 1150. The predicted octanol–water partition coefficient (Wildman–Crippen LogP) is 6.41. The number of carbonyl (C=O) groups is 1. The molecule has 3 rings (SSSR count). The van der Waals surface area contributed by atoms with Gasteiger partial charge in [0.15, 0.2) is 17.6 Å². The Balaban J connectivity index is 1.76. The molecule has 0 radical (unpaired) electrons. The molecule has 0 saturated heterocycles. The molecule has 0 saturated carbocycles. The van der Waals surface area contributed by atoms with Gasteiger partial charge in [0, 0.05) is 16.0 Å². The van der Waals surface area contributed by atoms with Crippen molar-refractivity contribution in [2.24, 2.45) is 5.92 Å². The molecule has 0 unspecified atom stereocenters. The molecule has 6 nitrogen and oxygen atoms in total. The molecule has 3 aromatic carbocycles. The molecule has 0 bridgehead atoms. The smallest absolute Gasteiger partial charge is 0.339 e. The van der Waals surface area contributed by atoms with Gasteiger partial charge >= 0.3 is 5.97 Å². The number of hydrogen-bond acceptors (Lipinski definition) is 6. The van der Waals surface area contributed by atoms with Gasteiger partial charge in [-0.3, -0.25) is 0 Å². The molecule has 0 aliphatic heterocycles. The van der Waals surface area contributed by atoms with Gasteiger partial charge in [-0.05, 0) is 36.3 Å². The Labute approximate surface area is 227 Å². The average molecular weight is 569 g/mol. The van der Waals surface area contributed by atoms with E-state index < -0.39 is 18.2 Å². The molecule has 0 fully saturated rings. The molecule has 3 aromatic rings. The first-order valence-electron chi connectivity index (χ1n) is 12.2. The number of halogens is 1. The van der Waals surface area contributed by atoms with Gasteiger partial charge in [0.2, 0.25) is 0 Å². The summed E-state index contributed by atoms with van der Waals surface area (Å²) in [5.41, 5.74) is 2.53. The van der Waals surface area contributed by atoms with Crippen LogP contribution in [0.5, 0.6) is 11.5 Å². The summed E-state index contributed by atoms with van der Waals surface area (Å²) in [5, 5.41) is 11.2. The molecule has 1 N–H and O–H groups in total. The van der Waals surface area contributed by atoms with E-state index in [0.29, 0.717) is 23.7 Å². The van der Waals surface area contributed by atoms with Gasteiger partial charge in [0.1, 0.15) is 6.61 Å². The number of rotatable bonds is 13. The molecule has 0 aliphatic rings. The highest BCUT2D eigenvalue weighted by molar-refractivity contribution is 9.10. The maximum Gasteiger partial charge on any atom is 0.339 e. The second-order valence-corrected chi connectivity index (χ2v) is 9.37. The minimum atomic E-state index is -0.931. The summed E-state index contributed by atoms with van der Waals surface area (Å²) in [6.07, 6.45) is 1.55. The standard InChI is InChI=1S/C30H33BrO6/c1-4-35-30(33)26(36-19-22-11-7-5-8-12-22)16-15-21(2)28(32)25-17-24(31)18-27(29(25)34-3)37-20-23-13-9-6-10-14-23/h5-18,21,26,28,32H,4,19-20H2,1-3H3/b16-15+/t21-,26-,28+/m0/s1. The summed E-state index contributed by atoms with van der Waals surface area (Å²) < 4.78 is 23.4. The zero-order valence-electron chi connectivity index (χ0n) is 21.3. The molecule has 0 aromatic heterocycles. The third-order valence-corrected chi connectivity index (χ3v) is 6.14. The van der Waals surface area contributed by atoms with Crippen LogP contribution in [0.25, 0.3) is 0 Å². The van der Waals surface area contributed by atoms with Crippen LogP contribution in [-0.4, -0.2) is 30.9 Å². The van der Waals surface area contributed by atoms with Crippen molar-refractivity contribution in [3.8, 4) is 11.5 Å². The monoisotopic (exact) mass is 568 g/mol. The zero-order chi connectivity index (χ0) is 26.6. The van der Waals surface area contributed by atoms with Crippen LogP contribution in [0.15, 0.2) is 89.4 Å². The van der Waals surface area contributed by atoms with Crippen molar-refractivity contribution in [1.29, 1.82) is 0 Å². The molecular formula is C30H33BrO6. The zero-order valence-corrected chi connectivity index (χ0v) is 22.9. The second kappa shape index (κ2) is 14.6. The van der Waals surface area contributed by atoms with Crippen LogP contribution < -0.4 is 9.47 Å². The number of ether oxygens (including phenoxy) is 4. The van der Waals surface area contributed by atoms with Crippen molar-refractivity contribution >= 4 is 21.9 Å². The van der Waals surface area contributed by atoms with Gasteiger partial charge in [-0.1, -0.05) is 89.6 Å².